The van der Waals surface area contributed by atoms with Gasteiger partial charge in [0.15, 0.2) is 0 Å². The summed E-state index contributed by atoms with van der Waals surface area (Å²) in [7, 11) is 2.22. The zero-order chi connectivity index (χ0) is 14.5. The molecule has 1 saturated carbocycles. The van der Waals surface area contributed by atoms with Crippen LogP contribution >= 0.6 is 0 Å². The fourth-order valence-corrected chi connectivity index (χ4v) is 3.00. The molecule has 1 fully saturated rings. The number of hydrogen-bond donors (Lipinski definition) is 2. The molecule has 0 bridgehead atoms. The third kappa shape index (κ3) is 3.60. The maximum absolute atomic E-state index is 5.95. The number of nitrogen functional groups attached to an aromatic ring is 1. The van der Waals surface area contributed by atoms with E-state index in [1.165, 1.54) is 32.0 Å². The molecule has 1 aliphatic carbocycles. The first-order valence-corrected chi connectivity index (χ1v) is 7.64. The van der Waals surface area contributed by atoms with E-state index in [1.807, 2.05) is 0 Å². The van der Waals surface area contributed by atoms with Crippen molar-refractivity contribution in [2.45, 2.75) is 51.5 Å². The SMILES string of the molecule is CC(C)c1c(N)ncnc1NCCN(C)C1CCCC1. The molecule has 0 saturated heterocycles. The molecule has 5 nitrogen and oxygen atoms in total. The smallest absolute Gasteiger partial charge is 0.135 e. The molecule has 20 heavy (non-hydrogen) atoms. The highest BCUT2D eigenvalue weighted by Gasteiger charge is 2.19. The van der Waals surface area contributed by atoms with Crippen LogP contribution in [0.5, 0.6) is 0 Å². The second-order valence-electron chi connectivity index (χ2n) is 6.02. The van der Waals surface area contributed by atoms with Crippen molar-refractivity contribution in [2.75, 3.05) is 31.2 Å². The van der Waals surface area contributed by atoms with Gasteiger partial charge in [-0.25, -0.2) is 9.97 Å². The van der Waals surface area contributed by atoms with Gasteiger partial charge in [0.25, 0.3) is 0 Å². The molecule has 112 valence electrons. The largest absolute Gasteiger partial charge is 0.383 e. The van der Waals surface area contributed by atoms with Crippen molar-refractivity contribution < 1.29 is 0 Å². The van der Waals surface area contributed by atoms with E-state index < -0.39 is 0 Å². The highest BCUT2D eigenvalue weighted by Crippen LogP contribution is 2.26. The van der Waals surface area contributed by atoms with Gasteiger partial charge < -0.3 is 16.0 Å². The Kier molecular flexibility index (Phi) is 5.17. The fraction of sp³-hybridized carbons (Fsp3) is 0.733. The molecule has 1 aromatic heterocycles. The third-order valence-electron chi connectivity index (χ3n) is 4.20. The topological polar surface area (TPSA) is 67.1 Å². The molecule has 3 N–H and O–H groups in total. The summed E-state index contributed by atoms with van der Waals surface area (Å²) in [6.07, 6.45) is 6.97. The number of aromatic nitrogens is 2. The van der Waals surface area contributed by atoms with E-state index in [1.54, 1.807) is 0 Å². The monoisotopic (exact) mass is 277 g/mol. The number of nitrogens with two attached hydrogens (primary N) is 1. The van der Waals surface area contributed by atoms with E-state index >= 15 is 0 Å². The maximum atomic E-state index is 5.95. The highest BCUT2D eigenvalue weighted by atomic mass is 15.2. The van der Waals surface area contributed by atoms with E-state index in [9.17, 15) is 0 Å². The first kappa shape index (κ1) is 15.0. The molecule has 0 spiro atoms. The van der Waals surface area contributed by atoms with Gasteiger partial charge in [0.05, 0.1) is 0 Å². The Labute approximate surface area is 122 Å². The average Bonchev–Trinajstić information content (AvgIpc) is 2.92. The number of likely N-dealkylation sites (N-methyl/N-ethyl adjacent to an activating group) is 1. The molecule has 0 amide bonds. The Morgan fingerprint density at radius 1 is 1.35 bits per heavy atom. The van der Waals surface area contributed by atoms with Crippen molar-refractivity contribution in [1.29, 1.82) is 0 Å². The van der Waals surface area contributed by atoms with Crippen LogP contribution < -0.4 is 11.1 Å². The average molecular weight is 277 g/mol. The van der Waals surface area contributed by atoms with Gasteiger partial charge in [-0.3, -0.25) is 0 Å². The quantitative estimate of drug-likeness (QED) is 0.836. The number of nitrogens with zero attached hydrogens (tertiary/aromatic N) is 3. The van der Waals surface area contributed by atoms with E-state index in [-0.39, 0.29) is 0 Å². The Morgan fingerprint density at radius 2 is 2.05 bits per heavy atom. The van der Waals surface area contributed by atoms with Gasteiger partial charge >= 0.3 is 0 Å². The van der Waals surface area contributed by atoms with E-state index in [0.717, 1.165) is 30.5 Å². The summed E-state index contributed by atoms with van der Waals surface area (Å²) in [5.74, 6) is 1.79. The van der Waals surface area contributed by atoms with Crippen LogP contribution in [-0.4, -0.2) is 41.0 Å². The molecule has 2 rings (SSSR count). The molecule has 1 aliphatic rings. The van der Waals surface area contributed by atoms with Crippen molar-refractivity contribution >= 4 is 11.6 Å². The highest BCUT2D eigenvalue weighted by molar-refractivity contribution is 5.56. The summed E-state index contributed by atoms with van der Waals surface area (Å²) in [4.78, 5) is 10.9. The Balaban J connectivity index is 1.89. The lowest BCUT2D eigenvalue weighted by molar-refractivity contribution is 0.254. The molecule has 1 aromatic rings. The van der Waals surface area contributed by atoms with Gasteiger partial charge in [0.2, 0.25) is 0 Å². The van der Waals surface area contributed by atoms with Crippen LogP contribution in [0.3, 0.4) is 0 Å². The summed E-state index contributed by atoms with van der Waals surface area (Å²) >= 11 is 0. The van der Waals surface area contributed by atoms with Gasteiger partial charge in [-0.15, -0.1) is 0 Å². The van der Waals surface area contributed by atoms with Crippen molar-refractivity contribution in [3.05, 3.63) is 11.9 Å². The minimum atomic E-state index is 0.325. The normalized spacial score (nSPS) is 16.2. The summed E-state index contributed by atoms with van der Waals surface area (Å²) in [5.41, 5.74) is 6.98. The zero-order valence-electron chi connectivity index (χ0n) is 12.9. The third-order valence-corrected chi connectivity index (χ3v) is 4.20. The van der Waals surface area contributed by atoms with E-state index in [0.29, 0.717) is 11.7 Å². The molecule has 0 aliphatic heterocycles. The lowest BCUT2D eigenvalue weighted by Gasteiger charge is -2.24. The lowest BCUT2D eigenvalue weighted by atomic mass is 10.0. The predicted octanol–water partition coefficient (Wildman–Crippen LogP) is 2.47. The van der Waals surface area contributed by atoms with Gasteiger partial charge in [0, 0.05) is 24.7 Å². The Hall–Kier alpha value is -1.36. The maximum Gasteiger partial charge on any atom is 0.135 e. The Bertz CT molecular complexity index is 426. The van der Waals surface area contributed by atoms with Crippen LogP contribution in [0, 0.1) is 0 Å². The summed E-state index contributed by atoms with van der Waals surface area (Å²) in [6.45, 7) is 6.16. The first-order chi connectivity index (χ1) is 9.59. The van der Waals surface area contributed by atoms with Gasteiger partial charge in [-0.2, -0.15) is 0 Å². The van der Waals surface area contributed by atoms with E-state index in [2.05, 4.69) is 41.1 Å². The molecular weight excluding hydrogens is 250 g/mol. The Morgan fingerprint density at radius 3 is 2.70 bits per heavy atom. The van der Waals surface area contributed by atoms with Crippen LogP contribution in [0.1, 0.15) is 51.0 Å². The van der Waals surface area contributed by atoms with Crippen molar-refractivity contribution in [3.8, 4) is 0 Å². The molecule has 0 atom stereocenters. The van der Waals surface area contributed by atoms with Crippen LogP contribution in [0.4, 0.5) is 11.6 Å². The molecular formula is C15H27N5. The van der Waals surface area contributed by atoms with Crippen molar-refractivity contribution in [3.63, 3.8) is 0 Å². The lowest BCUT2D eigenvalue weighted by Crippen LogP contribution is -2.33. The summed E-state index contributed by atoms with van der Waals surface area (Å²) in [5, 5.41) is 3.42. The van der Waals surface area contributed by atoms with Gasteiger partial charge in [-0.05, 0) is 25.8 Å². The molecule has 0 radical (unpaired) electrons. The van der Waals surface area contributed by atoms with Gasteiger partial charge in [-0.1, -0.05) is 26.7 Å². The molecule has 1 heterocycles. The van der Waals surface area contributed by atoms with Crippen LogP contribution in [0.25, 0.3) is 0 Å². The minimum Gasteiger partial charge on any atom is -0.383 e. The predicted molar refractivity (Wildman–Crippen MR) is 83.9 cm³/mol. The second-order valence-corrected chi connectivity index (χ2v) is 6.02. The zero-order valence-corrected chi connectivity index (χ0v) is 12.9. The van der Waals surface area contributed by atoms with Crippen LogP contribution in [-0.2, 0) is 0 Å². The number of anilines is 2. The molecule has 5 heteroatoms. The summed E-state index contributed by atoms with van der Waals surface area (Å²) in [6, 6.07) is 0.761. The van der Waals surface area contributed by atoms with E-state index in [4.69, 9.17) is 5.73 Å². The number of hydrogen-bond acceptors (Lipinski definition) is 5. The van der Waals surface area contributed by atoms with Crippen LogP contribution in [0.2, 0.25) is 0 Å². The fourth-order valence-electron chi connectivity index (χ4n) is 3.00. The van der Waals surface area contributed by atoms with Crippen molar-refractivity contribution in [1.82, 2.24) is 14.9 Å². The number of nitrogens with one attached hydrogen (secondary N) is 1. The second kappa shape index (κ2) is 6.88. The summed E-state index contributed by atoms with van der Waals surface area (Å²) < 4.78 is 0. The van der Waals surface area contributed by atoms with Gasteiger partial charge in [0.1, 0.15) is 18.0 Å². The van der Waals surface area contributed by atoms with Crippen LogP contribution in [0.15, 0.2) is 6.33 Å². The molecule has 0 aromatic carbocycles. The standard InChI is InChI=1S/C15H27N5/c1-11(2)13-14(16)18-10-19-15(13)17-8-9-20(3)12-6-4-5-7-12/h10-12H,4-9H2,1-3H3,(H3,16,17,18,19). The van der Waals surface area contributed by atoms with Crippen molar-refractivity contribution in [2.24, 2.45) is 0 Å². The molecule has 0 unspecified atom stereocenters. The first-order valence-electron chi connectivity index (χ1n) is 7.64. The number of rotatable bonds is 6. The minimum absolute atomic E-state index is 0.325.